The summed E-state index contributed by atoms with van der Waals surface area (Å²) in [5.41, 5.74) is 0. The SMILES string of the molecule is CCN1CCC(Nc2nc(C(C)C)ns2)CC1. The summed E-state index contributed by atoms with van der Waals surface area (Å²) in [5.74, 6) is 1.38. The van der Waals surface area contributed by atoms with Crippen LogP contribution in [0.1, 0.15) is 45.4 Å². The van der Waals surface area contributed by atoms with E-state index in [2.05, 4.69) is 40.3 Å². The first kappa shape index (κ1) is 12.8. The largest absolute Gasteiger partial charge is 0.357 e. The Bertz CT molecular complexity index is 342. The summed E-state index contributed by atoms with van der Waals surface area (Å²) in [5, 5.41) is 4.51. The van der Waals surface area contributed by atoms with Gasteiger partial charge in [-0.1, -0.05) is 20.8 Å². The predicted molar refractivity (Wildman–Crippen MR) is 72.8 cm³/mol. The van der Waals surface area contributed by atoms with Crippen LogP contribution in [-0.4, -0.2) is 39.9 Å². The summed E-state index contributed by atoms with van der Waals surface area (Å²) >= 11 is 1.49. The molecule has 5 heteroatoms. The molecule has 0 aromatic carbocycles. The molecule has 2 heterocycles. The van der Waals surface area contributed by atoms with E-state index in [1.54, 1.807) is 0 Å². The number of nitrogens with zero attached hydrogens (tertiary/aromatic N) is 3. The molecule has 17 heavy (non-hydrogen) atoms. The Labute approximate surface area is 108 Å². The smallest absolute Gasteiger partial charge is 0.202 e. The van der Waals surface area contributed by atoms with Gasteiger partial charge in [0.05, 0.1) is 0 Å². The van der Waals surface area contributed by atoms with Gasteiger partial charge in [-0.05, 0) is 19.4 Å². The quantitative estimate of drug-likeness (QED) is 0.896. The lowest BCUT2D eigenvalue weighted by Crippen LogP contribution is -2.38. The molecule has 0 aliphatic carbocycles. The van der Waals surface area contributed by atoms with Gasteiger partial charge < -0.3 is 10.2 Å². The second kappa shape index (κ2) is 5.78. The molecule has 1 fully saturated rings. The highest BCUT2D eigenvalue weighted by atomic mass is 32.1. The Morgan fingerprint density at radius 2 is 2.12 bits per heavy atom. The van der Waals surface area contributed by atoms with Crippen molar-refractivity contribution in [2.45, 2.75) is 45.6 Å². The number of aromatic nitrogens is 2. The van der Waals surface area contributed by atoms with E-state index in [-0.39, 0.29) is 0 Å². The van der Waals surface area contributed by atoms with Gasteiger partial charge in [0.25, 0.3) is 0 Å². The first-order valence-corrected chi connectivity index (χ1v) is 7.29. The molecule has 0 bridgehead atoms. The van der Waals surface area contributed by atoms with Crippen LogP contribution in [0.15, 0.2) is 0 Å². The maximum absolute atomic E-state index is 4.53. The average Bonchev–Trinajstić information content (AvgIpc) is 2.79. The van der Waals surface area contributed by atoms with Gasteiger partial charge in [-0.2, -0.15) is 4.37 Å². The van der Waals surface area contributed by atoms with Crippen molar-refractivity contribution in [3.8, 4) is 0 Å². The molecule has 1 saturated heterocycles. The summed E-state index contributed by atoms with van der Waals surface area (Å²) in [7, 11) is 0. The normalized spacial score (nSPS) is 18.8. The van der Waals surface area contributed by atoms with E-state index in [0.717, 1.165) is 11.0 Å². The summed E-state index contributed by atoms with van der Waals surface area (Å²) < 4.78 is 4.37. The van der Waals surface area contributed by atoms with E-state index in [0.29, 0.717) is 12.0 Å². The molecule has 0 unspecified atom stereocenters. The Morgan fingerprint density at radius 3 is 2.65 bits per heavy atom. The lowest BCUT2D eigenvalue weighted by molar-refractivity contribution is 0.229. The van der Waals surface area contributed by atoms with E-state index >= 15 is 0 Å². The number of piperidine rings is 1. The van der Waals surface area contributed by atoms with Crippen LogP contribution in [0.2, 0.25) is 0 Å². The lowest BCUT2D eigenvalue weighted by atomic mass is 10.1. The highest BCUT2D eigenvalue weighted by Gasteiger charge is 2.19. The minimum atomic E-state index is 0.420. The van der Waals surface area contributed by atoms with Crippen LogP contribution in [0.3, 0.4) is 0 Å². The molecule has 1 aliphatic rings. The molecule has 0 atom stereocenters. The predicted octanol–water partition coefficient (Wildman–Crippen LogP) is 2.56. The van der Waals surface area contributed by atoms with Crippen molar-refractivity contribution in [1.82, 2.24) is 14.3 Å². The van der Waals surface area contributed by atoms with Crippen molar-refractivity contribution in [2.24, 2.45) is 0 Å². The van der Waals surface area contributed by atoms with E-state index in [1.807, 2.05) is 0 Å². The molecular formula is C12H22N4S. The number of hydrogen-bond acceptors (Lipinski definition) is 5. The molecule has 4 nitrogen and oxygen atoms in total. The van der Waals surface area contributed by atoms with Crippen molar-refractivity contribution < 1.29 is 0 Å². The van der Waals surface area contributed by atoms with Crippen LogP contribution in [0, 0.1) is 0 Å². The van der Waals surface area contributed by atoms with Gasteiger partial charge in [-0.3, -0.25) is 0 Å². The second-order valence-electron chi connectivity index (χ2n) is 4.97. The van der Waals surface area contributed by atoms with Crippen molar-refractivity contribution in [1.29, 1.82) is 0 Å². The molecule has 2 rings (SSSR count). The van der Waals surface area contributed by atoms with Crippen molar-refractivity contribution in [2.75, 3.05) is 25.0 Å². The van der Waals surface area contributed by atoms with Gasteiger partial charge in [-0.25, -0.2) is 4.98 Å². The molecule has 96 valence electrons. The number of hydrogen-bond donors (Lipinski definition) is 1. The van der Waals surface area contributed by atoms with Crippen LogP contribution in [-0.2, 0) is 0 Å². The molecule has 1 aliphatic heterocycles. The van der Waals surface area contributed by atoms with Crippen LogP contribution in [0.25, 0.3) is 0 Å². The highest BCUT2D eigenvalue weighted by Crippen LogP contribution is 2.20. The molecule has 0 spiro atoms. The molecule has 1 aromatic heterocycles. The molecular weight excluding hydrogens is 232 g/mol. The van der Waals surface area contributed by atoms with Crippen LogP contribution >= 0.6 is 11.5 Å². The van der Waals surface area contributed by atoms with Crippen LogP contribution in [0.4, 0.5) is 5.13 Å². The fraction of sp³-hybridized carbons (Fsp3) is 0.833. The minimum absolute atomic E-state index is 0.420. The first-order chi connectivity index (χ1) is 8.19. The lowest BCUT2D eigenvalue weighted by Gasteiger charge is -2.31. The Hall–Kier alpha value is -0.680. The van der Waals surface area contributed by atoms with Crippen molar-refractivity contribution in [3.05, 3.63) is 5.82 Å². The Balaban J connectivity index is 1.84. The van der Waals surface area contributed by atoms with Gasteiger partial charge in [0.2, 0.25) is 5.13 Å². The van der Waals surface area contributed by atoms with Crippen LogP contribution in [0.5, 0.6) is 0 Å². The minimum Gasteiger partial charge on any atom is -0.357 e. The van der Waals surface area contributed by atoms with Gasteiger partial charge in [0.1, 0.15) is 5.82 Å². The van der Waals surface area contributed by atoms with Crippen molar-refractivity contribution in [3.63, 3.8) is 0 Å². The van der Waals surface area contributed by atoms with E-state index < -0.39 is 0 Å². The topological polar surface area (TPSA) is 41.0 Å². The third kappa shape index (κ3) is 3.39. The van der Waals surface area contributed by atoms with Crippen LogP contribution < -0.4 is 5.32 Å². The monoisotopic (exact) mass is 254 g/mol. The van der Waals surface area contributed by atoms with E-state index in [1.165, 1.54) is 44.0 Å². The molecule has 0 amide bonds. The first-order valence-electron chi connectivity index (χ1n) is 6.51. The number of rotatable bonds is 4. The maximum atomic E-state index is 4.53. The van der Waals surface area contributed by atoms with Gasteiger partial charge in [-0.15, -0.1) is 0 Å². The standard InChI is InChI=1S/C12H22N4S/c1-4-16-7-5-10(6-8-16)13-12-14-11(9(2)3)15-17-12/h9-10H,4-8H2,1-3H3,(H,13,14,15). The Morgan fingerprint density at radius 1 is 1.41 bits per heavy atom. The summed E-state index contributed by atoms with van der Waals surface area (Å²) in [4.78, 5) is 7.02. The number of nitrogens with one attached hydrogen (secondary N) is 1. The summed E-state index contributed by atoms with van der Waals surface area (Å²) in [6, 6.07) is 0.575. The van der Waals surface area contributed by atoms with Crippen molar-refractivity contribution >= 4 is 16.7 Å². The zero-order valence-corrected chi connectivity index (χ0v) is 11.8. The van der Waals surface area contributed by atoms with E-state index in [9.17, 15) is 0 Å². The number of anilines is 1. The average molecular weight is 254 g/mol. The molecule has 0 saturated carbocycles. The fourth-order valence-electron chi connectivity index (χ4n) is 2.10. The number of likely N-dealkylation sites (tertiary alicyclic amines) is 1. The van der Waals surface area contributed by atoms with E-state index in [4.69, 9.17) is 0 Å². The second-order valence-corrected chi connectivity index (χ2v) is 5.72. The fourth-order valence-corrected chi connectivity index (χ4v) is 2.88. The molecule has 1 N–H and O–H groups in total. The molecule has 0 radical (unpaired) electrons. The van der Waals surface area contributed by atoms with Gasteiger partial charge in [0, 0.05) is 36.6 Å². The Kier molecular flexibility index (Phi) is 4.34. The third-order valence-corrected chi connectivity index (χ3v) is 3.98. The zero-order chi connectivity index (χ0) is 12.3. The van der Waals surface area contributed by atoms with Gasteiger partial charge in [0.15, 0.2) is 0 Å². The zero-order valence-electron chi connectivity index (χ0n) is 10.9. The van der Waals surface area contributed by atoms with Gasteiger partial charge >= 0.3 is 0 Å². The third-order valence-electron chi connectivity index (χ3n) is 3.32. The summed E-state index contributed by atoms with van der Waals surface area (Å²) in [6.45, 7) is 10.1. The highest BCUT2D eigenvalue weighted by molar-refractivity contribution is 7.09. The maximum Gasteiger partial charge on any atom is 0.202 e. The molecule has 1 aromatic rings. The summed E-state index contributed by atoms with van der Waals surface area (Å²) in [6.07, 6.45) is 2.43.